The van der Waals surface area contributed by atoms with Crippen LogP contribution >= 0.6 is 0 Å². The van der Waals surface area contributed by atoms with E-state index in [1.54, 1.807) is 41.5 Å². The van der Waals surface area contributed by atoms with Gasteiger partial charge in [0.15, 0.2) is 0 Å². The fourth-order valence-electron chi connectivity index (χ4n) is 4.82. The third-order valence-corrected chi connectivity index (χ3v) is 6.48. The molecule has 0 unspecified atom stereocenters. The molecular weight excluding hydrogens is 500 g/mol. The number of ether oxygens (including phenoxy) is 2. The second-order valence-electron chi connectivity index (χ2n) is 11.8. The molecule has 0 spiro atoms. The number of piperidine rings is 1. The zero-order valence-corrected chi connectivity index (χ0v) is 22.9. The first-order valence-electron chi connectivity index (χ1n) is 12.8. The van der Waals surface area contributed by atoms with Crippen LogP contribution < -0.4 is 5.73 Å². The number of nitrogens with two attached hydrogens (primary N) is 1. The van der Waals surface area contributed by atoms with E-state index in [1.807, 2.05) is 0 Å². The minimum Gasteiger partial charge on any atom is -0.460 e. The van der Waals surface area contributed by atoms with Crippen LogP contribution in [0.4, 0.5) is 13.6 Å². The van der Waals surface area contributed by atoms with Crippen molar-refractivity contribution in [1.82, 2.24) is 9.80 Å². The summed E-state index contributed by atoms with van der Waals surface area (Å²) < 4.78 is 41.5. The van der Waals surface area contributed by atoms with E-state index in [1.165, 1.54) is 4.90 Å². The molecule has 210 valence electrons. The topological polar surface area (TPSA) is 119 Å². The molecule has 0 saturated carbocycles. The number of carbonyl (C=O) groups excluding carboxylic acids is 4. The van der Waals surface area contributed by atoms with Crippen molar-refractivity contribution in [1.29, 1.82) is 0 Å². The van der Waals surface area contributed by atoms with Gasteiger partial charge in [-0.15, -0.1) is 0 Å². The summed E-state index contributed by atoms with van der Waals surface area (Å²) in [6.45, 7) is 10.7. The standard InChI is InChI=1S/C27H37F2N3O6/c1-26(2,3)37-20(33)8-7-19(23(30)34)32-14-17-16(24(32)35)13-18(28)21(22(17)29)15-9-11-31(12-10-15)25(36)38-27(4,5)6/h13,15,19H,7-12,14H2,1-6H3,(H2,30,34)/t19-/m0/s1. The summed E-state index contributed by atoms with van der Waals surface area (Å²) in [4.78, 5) is 52.3. The molecule has 1 atom stereocenters. The Labute approximate surface area is 221 Å². The minimum atomic E-state index is -1.19. The molecule has 0 radical (unpaired) electrons. The van der Waals surface area contributed by atoms with Crippen LogP contribution in [0.3, 0.4) is 0 Å². The molecule has 38 heavy (non-hydrogen) atoms. The van der Waals surface area contributed by atoms with E-state index >= 15 is 8.78 Å². The smallest absolute Gasteiger partial charge is 0.410 e. The number of primary amides is 1. The summed E-state index contributed by atoms with van der Waals surface area (Å²) in [5.74, 6) is -4.33. The monoisotopic (exact) mass is 537 g/mol. The lowest BCUT2D eigenvalue weighted by molar-refractivity contribution is -0.155. The number of hydrogen-bond donors (Lipinski definition) is 1. The van der Waals surface area contributed by atoms with Gasteiger partial charge in [0.25, 0.3) is 5.91 Å². The van der Waals surface area contributed by atoms with Gasteiger partial charge < -0.3 is 25.0 Å². The molecule has 11 heteroatoms. The molecule has 2 N–H and O–H groups in total. The Hall–Kier alpha value is -3.24. The van der Waals surface area contributed by atoms with Crippen LogP contribution in [0.1, 0.15) is 94.6 Å². The minimum absolute atomic E-state index is 0.00973. The van der Waals surface area contributed by atoms with Gasteiger partial charge in [-0.2, -0.15) is 0 Å². The Kier molecular flexibility index (Phi) is 8.38. The second kappa shape index (κ2) is 10.9. The quantitative estimate of drug-likeness (QED) is 0.548. The predicted molar refractivity (Wildman–Crippen MR) is 134 cm³/mol. The summed E-state index contributed by atoms with van der Waals surface area (Å²) in [5.41, 5.74) is 3.84. The third-order valence-electron chi connectivity index (χ3n) is 6.48. The lowest BCUT2D eigenvalue weighted by Gasteiger charge is -2.34. The molecular formula is C27H37F2N3O6. The van der Waals surface area contributed by atoms with E-state index in [4.69, 9.17) is 15.2 Å². The number of benzene rings is 1. The fraction of sp³-hybridized carbons (Fsp3) is 0.630. The van der Waals surface area contributed by atoms with Crippen molar-refractivity contribution in [2.24, 2.45) is 5.73 Å². The summed E-state index contributed by atoms with van der Waals surface area (Å²) in [5, 5.41) is 0. The van der Waals surface area contributed by atoms with E-state index in [0.717, 1.165) is 11.0 Å². The zero-order valence-electron chi connectivity index (χ0n) is 22.9. The van der Waals surface area contributed by atoms with Crippen LogP contribution in [0.25, 0.3) is 0 Å². The first kappa shape index (κ1) is 29.3. The Bertz CT molecular complexity index is 1120. The van der Waals surface area contributed by atoms with Gasteiger partial charge in [-0.1, -0.05) is 0 Å². The van der Waals surface area contributed by atoms with Crippen LogP contribution in [-0.4, -0.2) is 64.0 Å². The first-order valence-corrected chi connectivity index (χ1v) is 12.8. The highest BCUT2D eigenvalue weighted by Crippen LogP contribution is 2.38. The number of amides is 3. The van der Waals surface area contributed by atoms with Gasteiger partial charge in [-0.05, 0) is 72.8 Å². The van der Waals surface area contributed by atoms with Crippen LogP contribution in [-0.2, 0) is 25.6 Å². The molecule has 1 aromatic carbocycles. The summed E-state index contributed by atoms with van der Waals surface area (Å²) in [6.07, 6.45) is -0.115. The number of carbonyl (C=O) groups is 4. The Balaban J connectivity index is 1.75. The molecule has 0 bridgehead atoms. The highest BCUT2D eigenvalue weighted by molar-refractivity contribution is 6.01. The van der Waals surface area contributed by atoms with Crippen molar-refractivity contribution in [2.75, 3.05) is 13.1 Å². The third kappa shape index (κ3) is 6.79. The van der Waals surface area contributed by atoms with E-state index in [0.29, 0.717) is 12.8 Å². The fourth-order valence-corrected chi connectivity index (χ4v) is 4.82. The second-order valence-corrected chi connectivity index (χ2v) is 11.8. The molecule has 2 heterocycles. The number of esters is 1. The van der Waals surface area contributed by atoms with Crippen molar-refractivity contribution in [2.45, 2.75) is 96.9 Å². The molecule has 0 aliphatic carbocycles. The Morgan fingerprint density at radius 3 is 2.16 bits per heavy atom. The van der Waals surface area contributed by atoms with Gasteiger partial charge in [0, 0.05) is 30.6 Å². The average Bonchev–Trinajstić information content (AvgIpc) is 3.08. The molecule has 2 aliphatic rings. The van der Waals surface area contributed by atoms with Gasteiger partial charge in [0.05, 0.1) is 12.1 Å². The number of halogens is 2. The molecule has 1 saturated heterocycles. The van der Waals surface area contributed by atoms with Crippen molar-refractivity contribution < 1.29 is 37.4 Å². The number of hydrogen-bond acceptors (Lipinski definition) is 6. The Morgan fingerprint density at radius 2 is 1.63 bits per heavy atom. The maximum Gasteiger partial charge on any atom is 0.410 e. The molecule has 0 aromatic heterocycles. The van der Waals surface area contributed by atoms with Crippen molar-refractivity contribution in [3.05, 3.63) is 34.4 Å². The lowest BCUT2D eigenvalue weighted by atomic mass is 9.87. The lowest BCUT2D eigenvalue weighted by Crippen LogP contribution is -2.45. The van der Waals surface area contributed by atoms with Crippen molar-refractivity contribution in [3.63, 3.8) is 0 Å². The van der Waals surface area contributed by atoms with E-state index in [2.05, 4.69) is 0 Å². The largest absolute Gasteiger partial charge is 0.460 e. The maximum atomic E-state index is 15.7. The molecule has 3 amide bonds. The molecule has 3 rings (SSSR count). The van der Waals surface area contributed by atoms with Crippen LogP contribution in [0.15, 0.2) is 6.07 Å². The molecule has 2 aliphatic heterocycles. The summed E-state index contributed by atoms with van der Waals surface area (Å²) in [7, 11) is 0. The van der Waals surface area contributed by atoms with Gasteiger partial charge in [-0.3, -0.25) is 14.4 Å². The van der Waals surface area contributed by atoms with Gasteiger partial charge in [-0.25, -0.2) is 13.6 Å². The van der Waals surface area contributed by atoms with E-state index < -0.39 is 58.7 Å². The molecule has 9 nitrogen and oxygen atoms in total. The number of rotatable bonds is 6. The van der Waals surface area contributed by atoms with Gasteiger partial charge in [0.2, 0.25) is 5.91 Å². The van der Waals surface area contributed by atoms with Crippen LogP contribution in [0, 0.1) is 11.6 Å². The normalized spacial score (nSPS) is 17.3. The highest BCUT2D eigenvalue weighted by Gasteiger charge is 2.40. The predicted octanol–water partition coefficient (Wildman–Crippen LogP) is 4.01. The van der Waals surface area contributed by atoms with Crippen molar-refractivity contribution >= 4 is 23.9 Å². The first-order chi connectivity index (χ1) is 17.5. The number of fused-ring (bicyclic) bond motifs is 1. The summed E-state index contributed by atoms with van der Waals surface area (Å²) in [6, 6.07) is -0.187. The highest BCUT2D eigenvalue weighted by atomic mass is 19.1. The van der Waals surface area contributed by atoms with Crippen molar-refractivity contribution in [3.8, 4) is 0 Å². The number of likely N-dealkylation sites (tertiary alicyclic amines) is 1. The number of nitrogens with zero attached hydrogens (tertiary/aromatic N) is 2. The maximum absolute atomic E-state index is 15.7. The van der Waals surface area contributed by atoms with Crippen LogP contribution in [0.2, 0.25) is 0 Å². The van der Waals surface area contributed by atoms with E-state index in [9.17, 15) is 19.2 Å². The molecule has 1 fully saturated rings. The van der Waals surface area contributed by atoms with Gasteiger partial charge >= 0.3 is 12.1 Å². The van der Waals surface area contributed by atoms with Crippen LogP contribution in [0.5, 0.6) is 0 Å². The SMILES string of the molecule is CC(C)(C)OC(=O)CC[C@@H](C(N)=O)N1Cc2c(cc(F)c(C3CCN(C(=O)OC(C)(C)C)CC3)c2F)C1=O. The van der Waals surface area contributed by atoms with Gasteiger partial charge in [0.1, 0.15) is 28.9 Å². The zero-order chi connectivity index (χ0) is 28.6. The average molecular weight is 538 g/mol. The van der Waals surface area contributed by atoms with E-state index in [-0.39, 0.29) is 49.2 Å². The Morgan fingerprint density at radius 1 is 1.05 bits per heavy atom. The summed E-state index contributed by atoms with van der Waals surface area (Å²) >= 11 is 0. The molecule has 1 aromatic rings.